The lowest BCUT2D eigenvalue weighted by Gasteiger charge is -2.25. The molecule has 0 bridgehead atoms. The van der Waals surface area contributed by atoms with Gasteiger partial charge in [-0.1, -0.05) is 0 Å². The van der Waals surface area contributed by atoms with Gasteiger partial charge in [0.05, 0.1) is 26.0 Å². The quantitative estimate of drug-likeness (QED) is 0.661. The molecule has 2 heterocycles. The van der Waals surface area contributed by atoms with E-state index < -0.39 is 5.97 Å². The second-order valence-corrected chi connectivity index (χ2v) is 3.90. The molecule has 2 rings (SSSR count). The van der Waals surface area contributed by atoms with Gasteiger partial charge in [-0.3, -0.25) is 14.8 Å². The molecule has 1 aromatic rings. The number of anilines is 1. The highest BCUT2D eigenvalue weighted by Gasteiger charge is 2.17. The van der Waals surface area contributed by atoms with E-state index in [0.29, 0.717) is 26.3 Å². The van der Waals surface area contributed by atoms with Gasteiger partial charge in [-0.15, -0.1) is 0 Å². The Morgan fingerprint density at radius 3 is 2.89 bits per heavy atom. The average molecular weight is 254 g/mol. The lowest BCUT2D eigenvalue weighted by atomic mass is 10.3. The molecule has 1 aromatic heterocycles. The highest BCUT2D eigenvalue weighted by atomic mass is 16.5. The Hall–Kier alpha value is -1.93. The molecule has 98 valence electrons. The summed E-state index contributed by atoms with van der Waals surface area (Å²) in [5.41, 5.74) is -0.0506. The largest absolute Gasteiger partial charge is 0.477 e. The number of aromatic amines is 1. The Bertz CT molecular complexity index is 439. The van der Waals surface area contributed by atoms with Gasteiger partial charge in [0, 0.05) is 13.1 Å². The topological polar surface area (TPSA) is 108 Å². The van der Waals surface area contributed by atoms with Crippen LogP contribution in [0, 0.1) is 0 Å². The summed E-state index contributed by atoms with van der Waals surface area (Å²) in [4.78, 5) is 24.5. The zero-order valence-electron chi connectivity index (χ0n) is 9.68. The molecule has 1 fully saturated rings. The molecule has 0 aromatic carbocycles. The minimum atomic E-state index is -1.13. The van der Waals surface area contributed by atoms with Crippen molar-refractivity contribution in [1.82, 2.24) is 15.1 Å². The number of aromatic nitrogens is 2. The number of ether oxygens (including phenoxy) is 1. The van der Waals surface area contributed by atoms with Gasteiger partial charge in [0.1, 0.15) is 11.4 Å². The number of carbonyl (C=O) groups is 2. The van der Waals surface area contributed by atoms with Gasteiger partial charge in [0.25, 0.3) is 0 Å². The zero-order chi connectivity index (χ0) is 13.0. The summed E-state index contributed by atoms with van der Waals surface area (Å²) < 4.78 is 5.17. The monoisotopic (exact) mass is 254 g/mol. The molecule has 1 amide bonds. The number of amides is 1. The molecule has 0 spiro atoms. The van der Waals surface area contributed by atoms with Crippen LogP contribution in [0.15, 0.2) is 6.20 Å². The van der Waals surface area contributed by atoms with Crippen molar-refractivity contribution >= 4 is 17.7 Å². The lowest BCUT2D eigenvalue weighted by molar-refractivity contribution is -0.118. The first-order valence-electron chi connectivity index (χ1n) is 5.53. The molecule has 0 atom stereocenters. The zero-order valence-corrected chi connectivity index (χ0v) is 9.68. The van der Waals surface area contributed by atoms with E-state index in [0.717, 1.165) is 6.20 Å². The molecule has 0 saturated carbocycles. The number of carboxylic acids is 1. The van der Waals surface area contributed by atoms with Gasteiger partial charge in [-0.2, -0.15) is 5.10 Å². The van der Waals surface area contributed by atoms with Crippen LogP contribution in [-0.4, -0.2) is 64.9 Å². The van der Waals surface area contributed by atoms with Gasteiger partial charge in [-0.25, -0.2) is 4.79 Å². The molecule has 1 aliphatic rings. The van der Waals surface area contributed by atoms with Gasteiger partial charge < -0.3 is 15.2 Å². The van der Waals surface area contributed by atoms with Crippen molar-refractivity contribution in [2.45, 2.75) is 0 Å². The highest BCUT2D eigenvalue weighted by molar-refractivity contribution is 5.99. The Morgan fingerprint density at radius 2 is 2.22 bits per heavy atom. The lowest BCUT2D eigenvalue weighted by Crippen LogP contribution is -2.41. The fourth-order valence-corrected chi connectivity index (χ4v) is 1.68. The fourth-order valence-electron chi connectivity index (χ4n) is 1.68. The molecule has 1 saturated heterocycles. The van der Waals surface area contributed by atoms with Gasteiger partial charge >= 0.3 is 5.97 Å². The van der Waals surface area contributed by atoms with Crippen molar-refractivity contribution < 1.29 is 19.4 Å². The normalized spacial score (nSPS) is 16.4. The molecular formula is C10H14N4O4. The first-order valence-corrected chi connectivity index (χ1v) is 5.53. The average Bonchev–Trinajstić information content (AvgIpc) is 2.78. The highest BCUT2D eigenvalue weighted by Crippen LogP contribution is 2.10. The van der Waals surface area contributed by atoms with Crippen LogP contribution in [0.4, 0.5) is 5.82 Å². The number of carbonyl (C=O) groups excluding carboxylic acids is 1. The number of hydrogen-bond donors (Lipinski definition) is 3. The van der Waals surface area contributed by atoms with Crippen molar-refractivity contribution in [3.05, 3.63) is 11.8 Å². The third-order valence-electron chi connectivity index (χ3n) is 2.61. The van der Waals surface area contributed by atoms with Crippen molar-refractivity contribution in [1.29, 1.82) is 0 Å². The van der Waals surface area contributed by atoms with E-state index >= 15 is 0 Å². The van der Waals surface area contributed by atoms with Crippen LogP contribution in [0.1, 0.15) is 10.4 Å². The summed E-state index contributed by atoms with van der Waals surface area (Å²) in [6.45, 7) is 2.82. The summed E-state index contributed by atoms with van der Waals surface area (Å²) >= 11 is 0. The van der Waals surface area contributed by atoms with Gasteiger partial charge in [0.15, 0.2) is 0 Å². The van der Waals surface area contributed by atoms with E-state index in [-0.39, 0.29) is 23.8 Å². The summed E-state index contributed by atoms with van der Waals surface area (Å²) in [6.07, 6.45) is 1.16. The standard InChI is InChI=1S/C10H14N4O4/c15-8(6-14-1-3-18-4-2-14)12-9-7(10(16)17)5-11-13-9/h5H,1-4,6H2,(H,16,17)(H2,11,12,13,15). The molecular weight excluding hydrogens is 240 g/mol. The number of carboxylic acid groups (broad SMARTS) is 1. The maximum absolute atomic E-state index is 11.7. The molecule has 8 heteroatoms. The van der Waals surface area contributed by atoms with Crippen LogP contribution < -0.4 is 5.32 Å². The van der Waals surface area contributed by atoms with Crippen LogP contribution in [0.25, 0.3) is 0 Å². The summed E-state index contributed by atoms with van der Waals surface area (Å²) in [5, 5.41) is 17.4. The number of rotatable bonds is 4. The first kappa shape index (κ1) is 12.5. The Labute approximate surface area is 103 Å². The fraction of sp³-hybridized carbons (Fsp3) is 0.500. The number of hydrogen-bond acceptors (Lipinski definition) is 5. The van der Waals surface area contributed by atoms with Gasteiger partial charge in [-0.05, 0) is 0 Å². The Morgan fingerprint density at radius 1 is 1.50 bits per heavy atom. The van der Waals surface area contributed by atoms with E-state index in [1.54, 1.807) is 0 Å². The van der Waals surface area contributed by atoms with Gasteiger partial charge in [0.2, 0.25) is 5.91 Å². The smallest absolute Gasteiger partial charge is 0.341 e. The van der Waals surface area contributed by atoms with E-state index in [9.17, 15) is 9.59 Å². The minimum absolute atomic E-state index is 0.0506. The van der Waals surface area contributed by atoms with Crippen LogP contribution in [0.2, 0.25) is 0 Å². The number of morpholine rings is 1. The van der Waals surface area contributed by atoms with Crippen molar-refractivity contribution in [3.8, 4) is 0 Å². The molecule has 18 heavy (non-hydrogen) atoms. The summed E-state index contributed by atoms with van der Waals surface area (Å²) in [6, 6.07) is 0. The molecule has 1 aliphatic heterocycles. The van der Waals surface area contributed by atoms with E-state index in [4.69, 9.17) is 9.84 Å². The summed E-state index contributed by atoms with van der Waals surface area (Å²) in [7, 11) is 0. The second-order valence-electron chi connectivity index (χ2n) is 3.90. The maximum atomic E-state index is 11.7. The second kappa shape index (κ2) is 5.61. The van der Waals surface area contributed by atoms with Crippen molar-refractivity contribution in [2.24, 2.45) is 0 Å². The Balaban J connectivity index is 1.90. The SMILES string of the molecule is O=C(CN1CCOCC1)Nc1[nH]ncc1C(=O)O. The number of aromatic carboxylic acids is 1. The van der Waals surface area contributed by atoms with Crippen LogP contribution in [0.3, 0.4) is 0 Å². The third-order valence-corrected chi connectivity index (χ3v) is 2.61. The molecule has 0 radical (unpaired) electrons. The maximum Gasteiger partial charge on any atom is 0.341 e. The first-order chi connectivity index (χ1) is 8.66. The van der Waals surface area contributed by atoms with Crippen LogP contribution in [-0.2, 0) is 9.53 Å². The molecule has 0 unspecified atom stereocenters. The predicted molar refractivity (Wildman–Crippen MR) is 61.4 cm³/mol. The van der Waals surface area contributed by atoms with Crippen molar-refractivity contribution in [3.63, 3.8) is 0 Å². The molecule has 8 nitrogen and oxygen atoms in total. The Kier molecular flexibility index (Phi) is 3.90. The molecule has 3 N–H and O–H groups in total. The summed E-state index contributed by atoms with van der Waals surface area (Å²) in [5.74, 6) is -1.30. The van der Waals surface area contributed by atoms with E-state index in [1.807, 2.05) is 4.90 Å². The van der Waals surface area contributed by atoms with E-state index in [1.165, 1.54) is 0 Å². The predicted octanol–water partition coefficient (Wildman–Crippen LogP) is -0.621. The minimum Gasteiger partial charge on any atom is -0.477 e. The van der Waals surface area contributed by atoms with Crippen molar-refractivity contribution in [2.75, 3.05) is 38.2 Å². The van der Waals surface area contributed by atoms with Crippen LogP contribution >= 0.6 is 0 Å². The molecule has 0 aliphatic carbocycles. The number of H-pyrrole nitrogens is 1. The third kappa shape index (κ3) is 3.05. The van der Waals surface area contributed by atoms with Crippen LogP contribution in [0.5, 0.6) is 0 Å². The van der Waals surface area contributed by atoms with E-state index in [2.05, 4.69) is 15.5 Å². The number of nitrogens with zero attached hydrogens (tertiary/aromatic N) is 2. The number of nitrogens with one attached hydrogen (secondary N) is 2.